The van der Waals surface area contributed by atoms with E-state index in [2.05, 4.69) is 5.32 Å². The van der Waals surface area contributed by atoms with Crippen LogP contribution in [0, 0.1) is 0 Å². The van der Waals surface area contributed by atoms with Crippen LogP contribution in [0.2, 0.25) is 0 Å². The monoisotopic (exact) mass is 356 g/mol. The normalized spacial score (nSPS) is 20.9. The number of ether oxygens (including phenoxy) is 1. The van der Waals surface area contributed by atoms with Gasteiger partial charge in [-0.05, 0) is 43.4 Å². The van der Waals surface area contributed by atoms with Gasteiger partial charge in [0.1, 0.15) is 0 Å². The van der Waals surface area contributed by atoms with Crippen LogP contribution in [0.4, 0.5) is 13.2 Å². The van der Waals surface area contributed by atoms with Gasteiger partial charge >= 0.3 is 6.18 Å². The summed E-state index contributed by atoms with van der Waals surface area (Å²) < 4.78 is 43.4. The highest BCUT2D eigenvalue weighted by molar-refractivity contribution is 5.78. The van der Waals surface area contributed by atoms with Crippen molar-refractivity contribution in [2.24, 2.45) is 0 Å². The predicted octanol–water partition coefficient (Wildman–Crippen LogP) is 2.97. The number of rotatable bonds is 7. The SMILES string of the molecule is O=C(CN(Cc1ccc(C(F)(F)F)cc1)C1CC1)NC[C@@H]1CCCO1. The first kappa shape index (κ1) is 18.2. The van der Waals surface area contributed by atoms with E-state index in [1.807, 2.05) is 4.90 Å². The molecule has 0 aromatic heterocycles. The Morgan fingerprint density at radius 2 is 1.92 bits per heavy atom. The van der Waals surface area contributed by atoms with E-state index in [4.69, 9.17) is 4.74 Å². The highest BCUT2D eigenvalue weighted by Gasteiger charge is 2.32. The standard InChI is InChI=1S/C18H23F3N2O2/c19-18(20,21)14-5-3-13(4-6-14)11-23(15-7-8-15)12-17(24)22-10-16-2-1-9-25-16/h3-6,15-16H,1-2,7-12H2,(H,22,24)/t16-/m0/s1. The molecule has 0 unspecified atom stereocenters. The van der Waals surface area contributed by atoms with Gasteiger partial charge in [0.15, 0.2) is 0 Å². The first-order chi connectivity index (χ1) is 11.9. The molecule has 1 atom stereocenters. The average molecular weight is 356 g/mol. The molecule has 1 saturated carbocycles. The van der Waals surface area contributed by atoms with Crippen LogP contribution >= 0.6 is 0 Å². The third-order valence-electron chi connectivity index (χ3n) is 4.63. The number of nitrogens with one attached hydrogen (secondary N) is 1. The van der Waals surface area contributed by atoms with E-state index in [0.717, 1.165) is 50.0 Å². The fraction of sp³-hybridized carbons (Fsp3) is 0.611. The van der Waals surface area contributed by atoms with Crippen LogP contribution in [0.15, 0.2) is 24.3 Å². The van der Waals surface area contributed by atoms with Gasteiger partial charge in [0.25, 0.3) is 0 Å². The summed E-state index contributed by atoms with van der Waals surface area (Å²) in [6, 6.07) is 5.51. The van der Waals surface area contributed by atoms with Gasteiger partial charge < -0.3 is 10.1 Å². The molecule has 1 amide bonds. The van der Waals surface area contributed by atoms with Crippen molar-refractivity contribution < 1.29 is 22.7 Å². The Hall–Kier alpha value is -1.60. The van der Waals surface area contributed by atoms with Crippen LogP contribution in [-0.4, -0.2) is 42.6 Å². The lowest BCUT2D eigenvalue weighted by Gasteiger charge is -2.22. The molecule has 1 aromatic rings. The van der Waals surface area contributed by atoms with Gasteiger partial charge in [-0.3, -0.25) is 9.69 Å². The number of carbonyl (C=O) groups excluding carboxylic acids is 1. The summed E-state index contributed by atoms with van der Waals surface area (Å²) in [6.07, 6.45) is -0.162. The second kappa shape index (κ2) is 7.74. The highest BCUT2D eigenvalue weighted by Crippen LogP contribution is 2.31. The van der Waals surface area contributed by atoms with Crippen LogP contribution in [0.25, 0.3) is 0 Å². The van der Waals surface area contributed by atoms with Crippen molar-refractivity contribution in [3.05, 3.63) is 35.4 Å². The Labute approximate surface area is 145 Å². The third kappa shape index (κ3) is 5.44. The largest absolute Gasteiger partial charge is 0.416 e. The van der Waals surface area contributed by atoms with E-state index >= 15 is 0 Å². The predicted molar refractivity (Wildman–Crippen MR) is 86.9 cm³/mol. The van der Waals surface area contributed by atoms with Crippen LogP contribution in [0.3, 0.4) is 0 Å². The van der Waals surface area contributed by atoms with E-state index < -0.39 is 11.7 Å². The Bertz CT molecular complexity index is 579. The van der Waals surface area contributed by atoms with Gasteiger partial charge in [-0.25, -0.2) is 0 Å². The molecule has 4 nitrogen and oxygen atoms in total. The Morgan fingerprint density at radius 3 is 2.48 bits per heavy atom. The van der Waals surface area contributed by atoms with Gasteiger partial charge in [0.2, 0.25) is 5.91 Å². The molecular weight excluding hydrogens is 333 g/mol. The van der Waals surface area contributed by atoms with Crippen molar-refractivity contribution in [3.63, 3.8) is 0 Å². The smallest absolute Gasteiger partial charge is 0.376 e. The van der Waals surface area contributed by atoms with Crippen molar-refractivity contribution in [3.8, 4) is 0 Å². The van der Waals surface area contributed by atoms with Gasteiger partial charge in [-0.2, -0.15) is 13.2 Å². The first-order valence-electron chi connectivity index (χ1n) is 8.70. The first-order valence-corrected chi connectivity index (χ1v) is 8.70. The van der Waals surface area contributed by atoms with E-state index in [-0.39, 0.29) is 18.6 Å². The Kier molecular flexibility index (Phi) is 5.64. The lowest BCUT2D eigenvalue weighted by Crippen LogP contribution is -2.40. The molecule has 0 spiro atoms. The molecule has 0 radical (unpaired) electrons. The van der Waals surface area contributed by atoms with Crippen LogP contribution < -0.4 is 5.32 Å². The molecule has 0 bridgehead atoms. The van der Waals surface area contributed by atoms with Crippen molar-refractivity contribution >= 4 is 5.91 Å². The van der Waals surface area contributed by atoms with Gasteiger partial charge in [0, 0.05) is 25.7 Å². The van der Waals surface area contributed by atoms with Crippen molar-refractivity contribution in [1.29, 1.82) is 0 Å². The van der Waals surface area contributed by atoms with E-state index in [1.54, 1.807) is 0 Å². The fourth-order valence-electron chi connectivity index (χ4n) is 3.06. The molecule has 138 valence electrons. The van der Waals surface area contributed by atoms with E-state index in [1.165, 1.54) is 12.1 Å². The second-order valence-corrected chi connectivity index (χ2v) is 6.77. The van der Waals surface area contributed by atoms with Crippen molar-refractivity contribution in [1.82, 2.24) is 10.2 Å². The minimum Gasteiger partial charge on any atom is -0.376 e. The number of amides is 1. The number of halogens is 3. The fourth-order valence-corrected chi connectivity index (χ4v) is 3.06. The summed E-state index contributed by atoms with van der Waals surface area (Å²) in [6.45, 7) is 2.02. The van der Waals surface area contributed by atoms with Crippen LogP contribution in [-0.2, 0) is 22.3 Å². The molecule has 1 aliphatic heterocycles. The molecule has 7 heteroatoms. The molecule has 1 aromatic carbocycles. The molecule has 25 heavy (non-hydrogen) atoms. The van der Waals surface area contributed by atoms with E-state index in [9.17, 15) is 18.0 Å². The summed E-state index contributed by atoms with van der Waals surface area (Å²) in [5, 5.41) is 2.90. The Balaban J connectivity index is 1.51. The number of benzene rings is 1. The minimum atomic E-state index is -4.32. The summed E-state index contributed by atoms with van der Waals surface area (Å²) in [5.74, 6) is -0.0608. The lowest BCUT2D eigenvalue weighted by atomic mass is 10.1. The molecular formula is C18H23F3N2O2. The summed E-state index contributed by atoms with van der Waals surface area (Å²) in [7, 11) is 0. The maximum atomic E-state index is 12.6. The van der Waals surface area contributed by atoms with Gasteiger partial charge in [-0.15, -0.1) is 0 Å². The van der Waals surface area contributed by atoms with Crippen LogP contribution in [0.5, 0.6) is 0 Å². The highest BCUT2D eigenvalue weighted by atomic mass is 19.4. The summed E-state index contributed by atoms with van der Waals surface area (Å²) in [4.78, 5) is 14.2. The van der Waals surface area contributed by atoms with E-state index in [0.29, 0.717) is 19.1 Å². The second-order valence-electron chi connectivity index (χ2n) is 6.77. The molecule has 1 heterocycles. The van der Waals surface area contributed by atoms with Gasteiger partial charge in [-0.1, -0.05) is 12.1 Å². The third-order valence-corrected chi connectivity index (χ3v) is 4.63. The number of alkyl halides is 3. The van der Waals surface area contributed by atoms with Crippen molar-refractivity contribution in [2.45, 2.75) is 50.6 Å². The molecule has 2 aliphatic rings. The molecule has 1 aliphatic carbocycles. The topological polar surface area (TPSA) is 41.6 Å². The summed E-state index contributed by atoms with van der Waals surface area (Å²) >= 11 is 0. The zero-order valence-electron chi connectivity index (χ0n) is 14.0. The molecule has 1 N–H and O–H groups in total. The molecule has 1 saturated heterocycles. The number of hydrogen-bond acceptors (Lipinski definition) is 3. The van der Waals surface area contributed by atoms with Crippen LogP contribution in [0.1, 0.15) is 36.8 Å². The summed E-state index contributed by atoms with van der Waals surface area (Å²) in [5.41, 5.74) is 0.135. The number of nitrogens with zero attached hydrogens (tertiary/aromatic N) is 1. The zero-order valence-corrected chi connectivity index (χ0v) is 14.0. The minimum absolute atomic E-state index is 0.0608. The lowest BCUT2D eigenvalue weighted by molar-refractivity contribution is -0.137. The number of carbonyl (C=O) groups is 1. The zero-order chi connectivity index (χ0) is 17.9. The van der Waals surface area contributed by atoms with Crippen molar-refractivity contribution in [2.75, 3.05) is 19.7 Å². The molecule has 2 fully saturated rings. The average Bonchev–Trinajstić information content (AvgIpc) is 3.28. The van der Waals surface area contributed by atoms with Gasteiger partial charge in [0.05, 0.1) is 18.2 Å². The maximum absolute atomic E-state index is 12.6. The quantitative estimate of drug-likeness (QED) is 0.817. The Morgan fingerprint density at radius 1 is 1.20 bits per heavy atom. The maximum Gasteiger partial charge on any atom is 0.416 e. The molecule has 3 rings (SSSR count). The number of hydrogen-bond donors (Lipinski definition) is 1.